The number of esters is 3. The van der Waals surface area contributed by atoms with Crippen molar-refractivity contribution in [3.05, 3.63) is 60.7 Å². The Hall–Kier alpha value is -4.28. The minimum Gasteiger partial charge on any atom is -0.469 e. The first-order valence-electron chi connectivity index (χ1n) is 12.1. The summed E-state index contributed by atoms with van der Waals surface area (Å²) in [6.07, 6.45) is 5.90. The van der Waals surface area contributed by atoms with Crippen molar-refractivity contribution < 1.29 is 43.0 Å². The quantitative estimate of drug-likeness (QED) is 0.203. The molecular weight excluding hydrogens is 508 g/mol. The summed E-state index contributed by atoms with van der Waals surface area (Å²) in [6, 6.07) is 7.23. The van der Waals surface area contributed by atoms with E-state index in [-0.39, 0.29) is 30.4 Å². The smallest absolute Gasteiger partial charge is 0.328 e. The number of amides is 2. The average Bonchev–Trinajstić information content (AvgIpc) is 2.92. The molecule has 0 spiro atoms. The number of ether oxygens (including phenoxy) is 3. The molecule has 39 heavy (non-hydrogen) atoms. The van der Waals surface area contributed by atoms with Crippen LogP contribution in [0.1, 0.15) is 49.9 Å². The van der Waals surface area contributed by atoms with E-state index < -0.39 is 35.9 Å². The third-order valence-corrected chi connectivity index (χ3v) is 5.12. The fourth-order valence-corrected chi connectivity index (χ4v) is 3.23. The molecule has 0 aliphatic rings. The fourth-order valence-electron chi connectivity index (χ4n) is 3.23. The van der Waals surface area contributed by atoms with Crippen LogP contribution in [0.3, 0.4) is 0 Å². The summed E-state index contributed by atoms with van der Waals surface area (Å²) in [5, 5.41) is 5.07. The maximum atomic E-state index is 11.8. The number of ketones is 1. The van der Waals surface area contributed by atoms with Crippen molar-refractivity contribution in [1.82, 2.24) is 10.6 Å². The summed E-state index contributed by atoms with van der Waals surface area (Å²) in [4.78, 5) is 68.4. The van der Waals surface area contributed by atoms with Gasteiger partial charge in [0.15, 0.2) is 0 Å². The zero-order valence-electron chi connectivity index (χ0n) is 23.1. The van der Waals surface area contributed by atoms with E-state index in [0.717, 1.165) is 0 Å². The van der Waals surface area contributed by atoms with Crippen molar-refractivity contribution in [3.63, 3.8) is 0 Å². The lowest BCUT2D eigenvalue weighted by Gasteiger charge is -2.14. The Morgan fingerprint density at radius 1 is 0.769 bits per heavy atom. The van der Waals surface area contributed by atoms with Crippen LogP contribution >= 0.6 is 0 Å². The first kappa shape index (κ1) is 34.7. The monoisotopic (exact) mass is 546 g/mol. The Bertz CT molecular complexity index is 966. The first-order chi connectivity index (χ1) is 18.5. The lowest BCUT2D eigenvalue weighted by molar-refractivity contribution is -0.147. The molecule has 2 N–H and O–H groups in total. The summed E-state index contributed by atoms with van der Waals surface area (Å²) in [7, 11) is 3.79. The maximum absolute atomic E-state index is 11.8. The molecular formula is C28H38N2O9. The molecule has 0 aliphatic heterocycles. The number of Topliss-reactive ketones (excluding diaryl/α,β-unsaturated/α-hetero) is 1. The molecule has 0 saturated carbocycles. The Morgan fingerprint density at radius 2 is 1.28 bits per heavy atom. The van der Waals surface area contributed by atoms with Crippen molar-refractivity contribution in [3.8, 4) is 0 Å². The number of hydrogen-bond donors (Lipinski definition) is 2. The van der Waals surface area contributed by atoms with Gasteiger partial charge in [0.2, 0.25) is 5.91 Å². The highest BCUT2D eigenvalue weighted by Gasteiger charge is 2.21. The predicted molar refractivity (Wildman–Crippen MR) is 143 cm³/mol. The van der Waals surface area contributed by atoms with E-state index in [1.165, 1.54) is 35.2 Å². The summed E-state index contributed by atoms with van der Waals surface area (Å²) in [6.45, 7) is 6.25. The predicted octanol–water partition coefficient (Wildman–Crippen LogP) is 2.30. The number of carbonyl (C=O) groups excluding carboxylic acids is 6. The highest BCUT2D eigenvalue weighted by molar-refractivity contribution is 5.96. The lowest BCUT2D eigenvalue weighted by atomic mass is 9.98. The van der Waals surface area contributed by atoms with Gasteiger partial charge in [-0.2, -0.15) is 0 Å². The Labute approximate surface area is 228 Å². The molecule has 2 amide bonds. The average molecular weight is 547 g/mol. The summed E-state index contributed by atoms with van der Waals surface area (Å²) in [5.41, 5.74) is 0.505. The number of methoxy groups -OCH3 is 3. The number of rotatable bonds is 14. The molecule has 0 fully saturated rings. The molecule has 11 nitrogen and oxygen atoms in total. The van der Waals surface area contributed by atoms with Crippen LogP contribution in [0.4, 0.5) is 0 Å². The van der Waals surface area contributed by atoms with Crippen molar-refractivity contribution in [2.24, 2.45) is 5.92 Å². The van der Waals surface area contributed by atoms with Crippen molar-refractivity contribution in [2.75, 3.05) is 21.3 Å². The van der Waals surface area contributed by atoms with Gasteiger partial charge in [0.05, 0.1) is 27.2 Å². The van der Waals surface area contributed by atoms with Crippen LogP contribution < -0.4 is 10.6 Å². The van der Waals surface area contributed by atoms with Gasteiger partial charge >= 0.3 is 17.9 Å². The summed E-state index contributed by atoms with van der Waals surface area (Å²) >= 11 is 0. The molecule has 0 saturated heterocycles. The number of nitrogens with one attached hydrogen (secondary N) is 2. The zero-order chi connectivity index (χ0) is 29.8. The molecule has 1 aromatic carbocycles. The summed E-state index contributed by atoms with van der Waals surface area (Å²) in [5.74, 6) is -2.77. The third-order valence-electron chi connectivity index (χ3n) is 5.12. The Morgan fingerprint density at radius 3 is 1.74 bits per heavy atom. The normalized spacial score (nSPS) is 12.4. The largest absolute Gasteiger partial charge is 0.469 e. The molecule has 3 atom stereocenters. The van der Waals surface area contributed by atoms with Gasteiger partial charge in [0.1, 0.15) is 17.9 Å². The van der Waals surface area contributed by atoms with E-state index >= 15 is 0 Å². The molecule has 0 radical (unpaired) electrons. The minimum absolute atomic E-state index is 0.100. The van der Waals surface area contributed by atoms with Gasteiger partial charge in [0, 0.05) is 18.9 Å². The van der Waals surface area contributed by atoms with Gasteiger partial charge in [-0.1, -0.05) is 36.4 Å². The van der Waals surface area contributed by atoms with E-state index in [1.54, 1.807) is 42.5 Å². The van der Waals surface area contributed by atoms with Gasteiger partial charge < -0.3 is 29.6 Å². The van der Waals surface area contributed by atoms with Gasteiger partial charge in [-0.05, 0) is 38.3 Å². The highest BCUT2D eigenvalue weighted by Crippen LogP contribution is 2.13. The first-order valence-corrected chi connectivity index (χ1v) is 12.1. The number of carbonyl (C=O) groups is 6. The molecule has 0 unspecified atom stereocenters. The van der Waals surface area contributed by atoms with Gasteiger partial charge in [-0.15, -0.1) is 6.58 Å². The van der Waals surface area contributed by atoms with E-state index in [9.17, 15) is 28.8 Å². The molecule has 1 aromatic rings. The molecule has 0 bridgehead atoms. The van der Waals surface area contributed by atoms with E-state index in [2.05, 4.69) is 31.4 Å². The van der Waals surface area contributed by atoms with Gasteiger partial charge in [0.25, 0.3) is 5.91 Å². The standard InChI is InChI=1S/C15H23NO6.C13H15NO3/c1-10(17)9-12(14(19)21-3)7-5-6-8-13(15(20)22-4)16-11(2)18;1-3-7-11(13(16)17-2)14-12(15)10-8-5-4-6-9-10/h5-6,12-13H,7-9H2,1-4H3,(H,16,18);3-6,8-9,11H,1,7H2,2H3,(H,14,15)/t12-,13+;11-/m10/s1. The van der Waals surface area contributed by atoms with Crippen LogP contribution in [-0.4, -0.2) is 68.9 Å². The molecule has 0 heterocycles. The number of hydrogen-bond acceptors (Lipinski definition) is 9. The van der Waals surface area contributed by atoms with Crippen molar-refractivity contribution in [2.45, 2.75) is 51.6 Å². The second kappa shape index (κ2) is 19.8. The molecule has 0 aliphatic carbocycles. The van der Waals surface area contributed by atoms with E-state index in [1.807, 2.05) is 6.07 Å². The molecule has 0 aromatic heterocycles. The fraction of sp³-hybridized carbons (Fsp3) is 0.429. The van der Waals surface area contributed by atoms with Crippen LogP contribution in [0, 0.1) is 5.92 Å². The zero-order valence-corrected chi connectivity index (χ0v) is 23.1. The SMILES string of the molecule is C=CC[C@H](NC(=O)c1ccccc1)C(=O)OC.COC(=O)[C@H](CC=CC[C@H](NC(C)=O)C(=O)OC)CC(C)=O. The van der Waals surface area contributed by atoms with Gasteiger partial charge in [-0.3, -0.25) is 14.4 Å². The van der Waals surface area contributed by atoms with Gasteiger partial charge in [-0.25, -0.2) is 9.59 Å². The molecule has 214 valence electrons. The Kier molecular flexibility index (Phi) is 17.6. The van der Waals surface area contributed by atoms with Crippen LogP contribution in [-0.2, 0) is 38.2 Å². The maximum Gasteiger partial charge on any atom is 0.328 e. The second-order valence-electron chi connectivity index (χ2n) is 8.28. The van der Waals surface area contributed by atoms with Crippen LogP contribution in [0.25, 0.3) is 0 Å². The van der Waals surface area contributed by atoms with E-state index in [0.29, 0.717) is 18.4 Å². The Balaban J connectivity index is 0.000000763. The molecule has 11 heteroatoms. The van der Waals surface area contributed by atoms with Crippen molar-refractivity contribution in [1.29, 1.82) is 0 Å². The lowest BCUT2D eigenvalue weighted by Crippen LogP contribution is -2.41. The molecule has 1 rings (SSSR count). The highest BCUT2D eigenvalue weighted by atomic mass is 16.5. The third kappa shape index (κ3) is 14.9. The van der Waals surface area contributed by atoms with Crippen LogP contribution in [0.15, 0.2) is 55.1 Å². The van der Waals surface area contributed by atoms with E-state index in [4.69, 9.17) is 0 Å². The number of benzene rings is 1. The van der Waals surface area contributed by atoms with Crippen LogP contribution in [0.2, 0.25) is 0 Å². The topological polar surface area (TPSA) is 154 Å². The summed E-state index contributed by atoms with van der Waals surface area (Å²) < 4.78 is 13.8. The van der Waals surface area contributed by atoms with Crippen molar-refractivity contribution >= 4 is 35.5 Å². The van der Waals surface area contributed by atoms with Crippen LogP contribution in [0.5, 0.6) is 0 Å². The number of allylic oxidation sites excluding steroid dienone is 1. The second-order valence-corrected chi connectivity index (χ2v) is 8.28. The minimum atomic E-state index is -0.775.